The van der Waals surface area contributed by atoms with E-state index in [9.17, 15) is 43.2 Å². The molecule has 0 aliphatic carbocycles. The van der Waals surface area contributed by atoms with Crippen LogP contribution >= 0.6 is 15.6 Å². The topological polar surface area (TPSA) is 237 Å². The lowest BCUT2D eigenvalue weighted by atomic mass is 10.0. The summed E-state index contributed by atoms with van der Waals surface area (Å²) in [6, 6.07) is 0. The van der Waals surface area contributed by atoms with Crippen LogP contribution in [0.4, 0.5) is 0 Å². The number of hydrogen-bond acceptors (Lipinski definition) is 15. The summed E-state index contributed by atoms with van der Waals surface area (Å²) in [5.41, 5.74) is 0. The van der Waals surface area contributed by atoms with Gasteiger partial charge in [0.25, 0.3) is 0 Å². The summed E-state index contributed by atoms with van der Waals surface area (Å²) in [4.78, 5) is 71.7. The van der Waals surface area contributed by atoms with E-state index in [0.29, 0.717) is 31.6 Å². The fourth-order valence-corrected chi connectivity index (χ4v) is 10.6. The first-order valence-corrected chi connectivity index (χ1v) is 35.0. The Labute approximate surface area is 486 Å². The van der Waals surface area contributed by atoms with Gasteiger partial charge in [-0.2, -0.15) is 0 Å². The zero-order chi connectivity index (χ0) is 59.4. The summed E-state index contributed by atoms with van der Waals surface area (Å²) in [5.74, 6) is -0.652. The number of unbranched alkanes of at least 4 members (excludes halogenated alkanes) is 30. The van der Waals surface area contributed by atoms with Crippen molar-refractivity contribution in [1.82, 2.24) is 0 Å². The summed E-state index contributed by atoms with van der Waals surface area (Å²) in [5, 5.41) is 10.5. The predicted octanol–water partition coefficient (Wildman–Crippen LogP) is 16.5. The van der Waals surface area contributed by atoms with Gasteiger partial charge in [0.2, 0.25) is 0 Å². The molecule has 0 aliphatic rings. The molecule has 19 heteroatoms. The Morgan fingerprint density at radius 3 is 0.850 bits per heavy atom. The van der Waals surface area contributed by atoms with E-state index in [1.807, 2.05) is 0 Å². The van der Waals surface area contributed by atoms with E-state index < -0.39 is 97.5 Å². The number of esters is 4. The molecule has 474 valence electrons. The van der Waals surface area contributed by atoms with Crippen molar-refractivity contribution in [1.29, 1.82) is 0 Å². The second kappa shape index (κ2) is 53.8. The van der Waals surface area contributed by atoms with Crippen molar-refractivity contribution >= 4 is 39.5 Å². The fourth-order valence-electron chi connectivity index (χ4n) is 9.00. The van der Waals surface area contributed by atoms with Gasteiger partial charge in [0, 0.05) is 25.7 Å². The molecule has 0 aliphatic heterocycles. The highest BCUT2D eigenvalue weighted by atomic mass is 31.2. The van der Waals surface area contributed by atoms with Crippen LogP contribution in [0.3, 0.4) is 0 Å². The van der Waals surface area contributed by atoms with E-state index in [1.165, 1.54) is 96.3 Å². The molecule has 0 saturated heterocycles. The lowest BCUT2D eigenvalue weighted by molar-refractivity contribution is -0.161. The Bertz CT molecular complexity index is 1580. The number of rotatable bonds is 60. The minimum Gasteiger partial charge on any atom is -0.462 e. The zero-order valence-electron chi connectivity index (χ0n) is 51.4. The molecule has 2 unspecified atom stereocenters. The highest BCUT2D eigenvalue weighted by molar-refractivity contribution is 7.47. The average Bonchev–Trinajstić information content (AvgIpc) is 3.41. The third-order valence-electron chi connectivity index (χ3n) is 14.0. The lowest BCUT2D eigenvalue weighted by Crippen LogP contribution is -2.30. The highest BCUT2D eigenvalue weighted by Gasteiger charge is 2.30. The molecule has 0 spiro atoms. The molecule has 0 bridgehead atoms. The number of aliphatic hydroxyl groups is 1. The second-order valence-electron chi connectivity index (χ2n) is 23.0. The third kappa shape index (κ3) is 55.3. The van der Waals surface area contributed by atoms with E-state index >= 15 is 0 Å². The maximum Gasteiger partial charge on any atom is 0.472 e. The number of ether oxygens (including phenoxy) is 4. The largest absolute Gasteiger partial charge is 0.472 e. The van der Waals surface area contributed by atoms with Gasteiger partial charge in [0.15, 0.2) is 12.2 Å². The van der Waals surface area contributed by atoms with Gasteiger partial charge in [-0.15, -0.1) is 0 Å². The molecule has 0 radical (unpaired) electrons. The van der Waals surface area contributed by atoms with E-state index in [2.05, 4.69) is 41.5 Å². The smallest absolute Gasteiger partial charge is 0.462 e. The van der Waals surface area contributed by atoms with Crippen molar-refractivity contribution in [2.45, 2.75) is 317 Å². The van der Waals surface area contributed by atoms with Crippen LogP contribution in [0.1, 0.15) is 298 Å². The molecule has 0 rings (SSSR count). The first-order valence-electron chi connectivity index (χ1n) is 32.0. The average molecular weight is 1190 g/mol. The molecule has 0 aromatic carbocycles. The Balaban J connectivity index is 5.13. The minimum absolute atomic E-state index is 0.104. The van der Waals surface area contributed by atoms with Gasteiger partial charge in [-0.3, -0.25) is 37.3 Å². The number of carbonyl (C=O) groups is 4. The Morgan fingerprint density at radius 1 is 0.338 bits per heavy atom. The number of phosphoric ester groups is 2. The summed E-state index contributed by atoms with van der Waals surface area (Å²) in [7, 11) is -9.87. The van der Waals surface area contributed by atoms with Gasteiger partial charge in [0.05, 0.1) is 26.4 Å². The van der Waals surface area contributed by atoms with Gasteiger partial charge in [0.1, 0.15) is 19.3 Å². The van der Waals surface area contributed by atoms with Crippen LogP contribution in [0.25, 0.3) is 0 Å². The summed E-state index contributed by atoms with van der Waals surface area (Å²) in [6.45, 7) is 9.32. The molecular weight excluding hydrogens is 1070 g/mol. The van der Waals surface area contributed by atoms with Crippen LogP contribution < -0.4 is 0 Å². The van der Waals surface area contributed by atoms with Crippen molar-refractivity contribution < 1.29 is 80.2 Å². The fraction of sp³-hybridized carbons (Fsp3) is 0.934. The quantitative estimate of drug-likeness (QED) is 0.0222. The van der Waals surface area contributed by atoms with Crippen molar-refractivity contribution in [3.63, 3.8) is 0 Å². The molecule has 17 nitrogen and oxygen atoms in total. The summed E-state index contributed by atoms with van der Waals surface area (Å²) in [6.07, 6.45) is 35.4. The number of carbonyl (C=O) groups excluding carboxylic acids is 4. The molecule has 5 atom stereocenters. The van der Waals surface area contributed by atoms with E-state index in [1.54, 1.807) is 0 Å². The van der Waals surface area contributed by atoms with Gasteiger partial charge in [-0.1, -0.05) is 247 Å². The standard InChI is InChI=1S/C61H118O17P2/c1-7-9-11-13-14-26-33-39-45-60(65)77-56(49-71-58(63)43-37-29-12-10-8-2)51-75-79(67,68)73-47-55(62)48-74-80(69,70)76-52-57(50-72-59(64)44-38-32-28-23-25-31-36-42-54(5)6)78-61(66)46-40-34-27-22-20-18-16-15-17-19-21-24-30-35-41-53(3)4/h53-57,62H,7-52H2,1-6H3,(H,67,68)(H,69,70)/t55-,56+,57+/m0/s1. The first-order chi connectivity index (χ1) is 38.4. The monoisotopic (exact) mass is 1180 g/mol. The van der Waals surface area contributed by atoms with Gasteiger partial charge >= 0.3 is 39.5 Å². The van der Waals surface area contributed by atoms with E-state index in [0.717, 1.165) is 115 Å². The highest BCUT2D eigenvalue weighted by Crippen LogP contribution is 2.45. The normalized spacial score (nSPS) is 14.4. The SMILES string of the molecule is CCCCCCCCCCC(=O)O[C@H](COC(=O)CCCCCCC)COP(=O)(O)OC[C@H](O)COP(=O)(O)OC[C@@H](COC(=O)CCCCCCCCCC(C)C)OC(=O)CCCCCCCCCCCCCCCCC(C)C. The number of hydrogen-bond donors (Lipinski definition) is 3. The molecule has 0 saturated carbocycles. The van der Waals surface area contributed by atoms with Gasteiger partial charge < -0.3 is 33.8 Å². The zero-order valence-corrected chi connectivity index (χ0v) is 53.2. The van der Waals surface area contributed by atoms with Gasteiger partial charge in [-0.25, -0.2) is 9.13 Å². The molecule has 0 aromatic rings. The van der Waals surface area contributed by atoms with Crippen LogP contribution in [0.2, 0.25) is 0 Å². The van der Waals surface area contributed by atoms with E-state index in [4.69, 9.17) is 37.0 Å². The van der Waals surface area contributed by atoms with Crippen molar-refractivity contribution in [3.05, 3.63) is 0 Å². The molecule has 3 N–H and O–H groups in total. The molecule has 80 heavy (non-hydrogen) atoms. The molecule has 0 heterocycles. The van der Waals surface area contributed by atoms with Crippen molar-refractivity contribution in [2.75, 3.05) is 39.6 Å². The van der Waals surface area contributed by atoms with Crippen molar-refractivity contribution in [3.8, 4) is 0 Å². The Kier molecular flexibility index (Phi) is 52.5. The maximum atomic E-state index is 12.9. The van der Waals surface area contributed by atoms with Gasteiger partial charge in [-0.05, 0) is 37.5 Å². The van der Waals surface area contributed by atoms with Crippen LogP contribution in [0.5, 0.6) is 0 Å². The van der Waals surface area contributed by atoms with Crippen LogP contribution in [0, 0.1) is 11.8 Å². The molecule has 0 amide bonds. The Morgan fingerprint density at radius 2 is 0.575 bits per heavy atom. The molecule has 0 fully saturated rings. The lowest BCUT2D eigenvalue weighted by Gasteiger charge is -2.21. The minimum atomic E-state index is -4.94. The maximum absolute atomic E-state index is 12.9. The van der Waals surface area contributed by atoms with E-state index in [-0.39, 0.29) is 25.7 Å². The summed E-state index contributed by atoms with van der Waals surface area (Å²) >= 11 is 0. The molecule has 0 aromatic heterocycles. The van der Waals surface area contributed by atoms with Crippen molar-refractivity contribution in [2.24, 2.45) is 11.8 Å². The van der Waals surface area contributed by atoms with Crippen LogP contribution in [-0.2, 0) is 65.4 Å². The molecular formula is C61H118O17P2. The second-order valence-corrected chi connectivity index (χ2v) is 25.9. The van der Waals surface area contributed by atoms with Crippen LogP contribution in [0.15, 0.2) is 0 Å². The van der Waals surface area contributed by atoms with Crippen LogP contribution in [-0.4, -0.2) is 96.7 Å². The Hall–Kier alpha value is -1.94. The number of aliphatic hydroxyl groups excluding tert-OH is 1. The summed E-state index contributed by atoms with van der Waals surface area (Å²) < 4.78 is 67.6. The predicted molar refractivity (Wildman–Crippen MR) is 317 cm³/mol. The first kappa shape index (κ1) is 78.1. The number of phosphoric acid groups is 2. The third-order valence-corrected chi connectivity index (χ3v) is 15.9.